The molecule has 144 valence electrons. The summed E-state index contributed by atoms with van der Waals surface area (Å²) < 4.78 is 0. The first-order valence-electron chi connectivity index (χ1n) is 9.38. The Hall–Kier alpha value is -3.21. The van der Waals surface area contributed by atoms with Crippen LogP contribution in [0.2, 0.25) is 0 Å². The smallest absolute Gasteiger partial charge is 0.274 e. The Balaban J connectivity index is 1.68. The summed E-state index contributed by atoms with van der Waals surface area (Å²) in [6.07, 6.45) is 1.40. The Morgan fingerprint density at radius 3 is 2.29 bits per heavy atom. The summed E-state index contributed by atoms with van der Waals surface area (Å²) in [6.45, 7) is 8.53. The highest BCUT2D eigenvalue weighted by molar-refractivity contribution is 6.03. The van der Waals surface area contributed by atoms with E-state index in [1.165, 1.54) is 11.9 Å². The van der Waals surface area contributed by atoms with Crippen molar-refractivity contribution in [3.8, 4) is 0 Å². The number of carbonyl (C=O) groups excluding carboxylic acids is 1. The number of carbonyl (C=O) groups is 1. The van der Waals surface area contributed by atoms with Gasteiger partial charge in [-0.3, -0.25) is 4.79 Å². The zero-order chi connectivity index (χ0) is 20.1. The summed E-state index contributed by atoms with van der Waals surface area (Å²) in [6, 6.07) is 19.7. The van der Waals surface area contributed by atoms with Crippen molar-refractivity contribution in [2.24, 2.45) is 0 Å². The lowest BCUT2D eigenvalue weighted by atomic mass is 9.87. The van der Waals surface area contributed by atoms with Crippen molar-refractivity contribution in [2.75, 3.05) is 10.6 Å². The van der Waals surface area contributed by atoms with Crippen molar-refractivity contribution in [2.45, 2.75) is 39.2 Å². The standard InChI is InChI=1S/C23H26N4O/c1-16(17-8-6-5-7-9-17)26-21-14-20(24-15-25-21)22(28)27-19-12-10-18(11-13-19)23(2,3)4/h5-16H,1-4H3,(H,27,28)(H,24,25,26). The maximum absolute atomic E-state index is 12.6. The monoisotopic (exact) mass is 374 g/mol. The van der Waals surface area contributed by atoms with Crippen molar-refractivity contribution in [1.82, 2.24) is 9.97 Å². The second-order valence-electron chi connectivity index (χ2n) is 7.85. The van der Waals surface area contributed by atoms with Gasteiger partial charge in [0.05, 0.1) is 0 Å². The normalized spacial score (nSPS) is 12.3. The molecule has 0 spiro atoms. The highest BCUT2D eigenvalue weighted by Gasteiger charge is 2.14. The van der Waals surface area contributed by atoms with Crippen LogP contribution >= 0.6 is 0 Å². The van der Waals surface area contributed by atoms with E-state index in [2.05, 4.69) is 41.4 Å². The van der Waals surface area contributed by atoms with Crippen LogP contribution in [0.15, 0.2) is 67.0 Å². The summed E-state index contributed by atoms with van der Waals surface area (Å²) in [5, 5.41) is 6.20. The largest absolute Gasteiger partial charge is 0.363 e. The van der Waals surface area contributed by atoms with Gasteiger partial charge >= 0.3 is 0 Å². The Morgan fingerprint density at radius 1 is 0.964 bits per heavy atom. The summed E-state index contributed by atoms with van der Waals surface area (Å²) >= 11 is 0. The molecule has 28 heavy (non-hydrogen) atoms. The molecule has 1 aromatic heterocycles. The van der Waals surface area contributed by atoms with Crippen LogP contribution in [0.1, 0.15) is 55.4 Å². The van der Waals surface area contributed by atoms with Gasteiger partial charge in [0.25, 0.3) is 5.91 Å². The minimum atomic E-state index is -0.263. The van der Waals surface area contributed by atoms with Gasteiger partial charge in [0.2, 0.25) is 0 Å². The lowest BCUT2D eigenvalue weighted by Crippen LogP contribution is -2.16. The third-order valence-corrected chi connectivity index (χ3v) is 4.57. The average Bonchev–Trinajstić information content (AvgIpc) is 2.68. The average molecular weight is 374 g/mol. The fourth-order valence-corrected chi connectivity index (χ4v) is 2.86. The summed E-state index contributed by atoms with van der Waals surface area (Å²) in [5.41, 5.74) is 3.49. The lowest BCUT2D eigenvalue weighted by Gasteiger charge is -2.19. The molecule has 1 amide bonds. The summed E-state index contributed by atoms with van der Waals surface area (Å²) in [5.74, 6) is 0.348. The molecular weight excluding hydrogens is 348 g/mol. The Labute approximate surface area is 166 Å². The predicted octanol–water partition coefficient (Wildman–Crippen LogP) is 5.20. The van der Waals surface area contributed by atoms with Crippen molar-refractivity contribution in [3.05, 3.63) is 83.8 Å². The van der Waals surface area contributed by atoms with Crippen LogP contribution in [-0.4, -0.2) is 15.9 Å². The molecule has 5 nitrogen and oxygen atoms in total. The van der Waals surface area contributed by atoms with Crippen molar-refractivity contribution in [1.29, 1.82) is 0 Å². The number of amides is 1. The molecule has 1 unspecified atom stereocenters. The summed E-state index contributed by atoms with van der Waals surface area (Å²) in [7, 11) is 0. The highest BCUT2D eigenvalue weighted by atomic mass is 16.1. The number of rotatable bonds is 5. The predicted molar refractivity (Wildman–Crippen MR) is 114 cm³/mol. The SMILES string of the molecule is CC(Nc1cc(C(=O)Nc2ccc(C(C)(C)C)cc2)ncn1)c1ccccc1. The van der Waals surface area contributed by atoms with Crippen LogP contribution in [0.25, 0.3) is 0 Å². The first-order valence-corrected chi connectivity index (χ1v) is 9.38. The first kappa shape index (κ1) is 19.5. The van der Waals surface area contributed by atoms with E-state index in [9.17, 15) is 4.79 Å². The molecule has 0 radical (unpaired) electrons. The number of hydrogen-bond acceptors (Lipinski definition) is 4. The quantitative estimate of drug-likeness (QED) is 0.644. The van der Waals surface area contributed by atoms with E-state index in [0.717, 1.165) is 11.3 Å². The van der Waals surface area contributed by atoms with E-state index in [0.29, 0.717) is 11.5 Å². The van der Waals surface area contributed by atoms with Gasteiger partial charge in [-0.1, -0.05) is 63.2 Å². The Bertz CT molecular complexity index is 931. The number of aromatic nitrogens is 2. The van der Waals surface area contributed by atoms with Gasteiger partial charge in [0.15, 0.2) is 0 Å². The number of hydrogen-bond donors (Lipinski definition) is 2. The molecule has 0 saturated heterocycles. The number of nitrogens with zero attached hydrogens (tertiary/aromatic N) is 2. The second kappa shape index (κ2) is 8.21. The van der Waals surface area contributed by atoms with Crippen LogP contribution < -0.4 is 10.6 Å². The molecule has 3 rings (SSSR count). The second-order valence-corrected chi connectivity index (χ2v) is 7.85. The fourth-order valence-electron chi connectivity index (χ4n) is 2.86. The molecule has 1 atom stereocenters. The molecule has 0 aliphatic heterocycles. The Kier molecular flexibility index (Phi) is 5.73. The third kappa shape index (κ3) is 4.94. The van der Waals surface area contributed by atoms with E-state index >= 15 is 0 Å². The van der Waals surface area contributed by atoms with E-state index in [1.807, 2.05) is 61.5 Å². The molecule has 0 saturated carbocycles. The Morgan fingerprint density at radius 2 is 1.64 bits per heavy atom. The maximum Gasteiger partial charge on any atom is 0.274 e. The van der Waals surface area contributed by atoms with Gasteiger partial charge in [-0.25, -0.2) is 9.97 Å². The van der Waals surface area contributed by atoms with Gasteiger partial charge < -0.3 is 10.6 Å². The molecule has 0 fully saturated rings. The van der Waals surface area contributed by atoms with Crippen LogP contribution in [0.4, 0.5) is 11.5 Å². The van der Waals surface area contributed by atoms with E-state index in [-0.39, 0.29) is 17.4 Å². The number of nitrogens with one attached hydrogen (secondary N) is 2. The van der Waals surface area contributed by atoms with Gasteiger partial charge in [0.1, 0.15) is 17.8 Å². The van der Waals surface area contributed by atoms with Crippen molar-refractivity contribution >= 4 is 17.4 Å². The number of anilines is 2. The topological polar surface area (TPSA) is 66.9 Å². The van der Waals surface area contributed by atoms with Crippen LogP contribution in [-0.2, 0) is 5.41 Å². The number of benzene rings is 2. The molecule has 3 aromatic rings. The van der Waals surface area contributed by atoms with Gasteiger partial charge in [0, 0.05) is 17.8 Å². The van der Waals surface area contributed by atoms with E-state index in [1.54, 1.807) is 6.07 Å². The van der Waals surface area contributed by atoms with E-state index < -0.39 is 0 Å². The van der Waals surface area contributed by atoms with Gasteiger partial charge in [-0.2, -0.15) is 0 Å². The first-order chi connectivity index (χ1) is 13.3. The van der Waals surface area contributed by atoms with Crippen LogP contribution in [0.5, 0.6) is 0 Å². The van der Waals surface area contributed by atoms with Gasteiger partial charge in [-0.15, -0.1) is 0 Å². The highest BCUT2D eigenvalue weighted by Crippen LogP contribution is 2.24. The molecular formula is C23H26N4O. The van der Waals surface area contributed by atoms with Crippen molar-refractivity contribution in [3.63, 3.8) is 0 Å². The zero-order valence-corrected chi connectivity index (χ0v) is 16.7. The third-order valence-electron chi connectivity index (χ3n) is 4.57. The molecule has 0 aliphatic rings. The zero-order valence-electron chi connectivity index (χ0n) is 16.7. The maximum atomic E-state index is 12.6. The van der Waals surface area contributed by atoms with Crippen LogP contribution in [0, 0.1) is 0 Å². The molecule has 0 aliphatic carbocycles. The molecule has 2 aromatic carbocycles. The lowest BCUT2D eigenvalue weighted by molar-refractivity contribution is 0.102. The van der Waals surface area contributed by atoms with Crippen LogP contribution in [0.3, 0.4) is 0 Å². The summed E-state index contributed by atoms with van der Waals surface area (Å²) in [4.78, 5) is 20.9. The molecule has 0 bridgehead atoms. The van der Waals surface area contributed by atoms with E-state index in [4.69, 9.17) is 0 Å². The van der Waals surface area contributed by atoms with Crippen molar-refractivity contribution < 1.29 is 4.79 Å². The molecule has 5 heteroatoms. The minimum Gasteiger partial charge on any atom is -0.363 e. The minimum absolute atomic E-state index is 0.0666. The molecule has 1 heterocycles. The molecule has 2 N–H and O–H groups in total. The van der Waals surface area contributed by atoms with Gasteiger partial charge in [-0.05, 0) is 35.6 Å². The fraction of sp³-hybridized carbons (Fsp3) is 0.261.